The number of hydrogen-bond donors (Lipinski definition) is 2. The number of likely N-dealkylation sites (N-methyl/N-ethyl adjacent to an activating group) is 1. The Balaban J connectivity index is 1.44. The quantitative estimate of drug-likeness (QED) is 0.810. The van der Waals surface area contributed by atoms with Crippen LogP contribution in [0.3, 0.4) is 0 Å². The lowest BCUT2D eigenvalue weighted by Crippen LogP contribution is -2.67. The number of hydrogen-bond acceptors (Lipinski definition) is 3. The molecule has 3 aliphatic rings. The van der Waals surface area contributed by atoms with E-state index in [1.54, 1.807) is 0 Å². The van der Waals surface area contributed by atoms with Gasteiger partial charge in [0.2, 0.25) is 0 Å². The zero-order valence-corrected chi connectivity index (χ0v) is 13.7. The molecule has 4 atom stereocenters. The van der Waals surface area contributed by atoms with Crippen LogP contribution in [0, 0.1) is 11.3 Å². The topological polar surface area (TPSA) is 53.6 Å². The second-order valence-electron chi connectivity index (χ2n) is 7.64. The molecule has 1 saturated heterocycles. The highest BCUT2D eigenvalue weighted by molar-refractivity contribution is 5.74. The van der Waals surface area contributed by atoms with Crippen molar-refractivity contribution in [3.05, 3.63) is 0 Å². The van der Waals surface area contributed by atoms with Gasteiger partial charge in [-0.1, -0.05) is 13.8 Å². The van der Waals surface area contributed by atoms with Crippen LogP contribution >= 0.6 is 0 Å². The highest BCUT2D eigenvalue weighted by atomic mass is 16.5. The average Bonchev–Trinajstić information content (AvgIpc) is 3.19. The van der Waals surface area contributed by atoms with E-state index in [-0.39, 0.29) is 17.5 Å². The lowest BCUT2D eigenvalue weighted by molar-refractivity contribution is -0.108. The normalized spacial score (nSPS) is 35.0. The standard InChI is InChI=1S/C16H29N3O2/c1-10(19(4)11-5-6-11)9-17-15(20)18-13-12-7-8-21-14(12)16(13,2)3/h10-14H,5-9H2,1-4H3,(H2,17,18,20)/t10-,12-,13-,14+/m1/s1. The van der Waals surface area contributed by atoms with E-state index in [1.807, 2.05) is 0 Å². The molecule has 0 bridgehead atoms. The van der Waals surface area contributed by atoms with Gasteiger partial charge in [0.25, 0.3) is 0 Å². The Morgan fingerprint density at radius 1 is 1.38 bits per heavy atom. The Labute approximate surface area is 127 Å². The predicted molar refractivity (Wildman–Crippen MR) is 82.2 cm³/mol. The highest BCUT2D eigenvalue weighted by Gasteiger charge is 2.59. The van der Waals surface area contributed by atoms with E-state index in [1.165, 1.54) is 12.8 Å². The average molecular weight is 295 g/mol. The molecule has 2 amide bonds. The Hall–Kier alpha value is -0.810. The minimum atomic E-state index is -0.0329. The summed E-state index contributed by atoms with van der Waals surface area (Å²) in [7, 11) is 2.15. The van der Waals surface area contributed by atoms with Crippen LogP contribution < -0.4 is 10.6 Å². The summed E-state index contributed by atoms with van der Waals surface area (Å²) in [5.74, 6) is 0.498. The van der Waals surface area contributed by atoms with Gasteiger partial charge >= 0.3 is 6.03 Å². The fraction of sp³-hybridized carbons (Fsp3) is 0.938. The first kappa shape index (κ1) is 15.1. The molecular formula is C16H29N3O2. The van der Waals surface area contributed by atoms with Crippen molar-refractivity contribution in [2.75, 3.05) is 20.2 Å². The molecule has 0 aromatic heterocycles. The smallest absolute Gasteiger partial charge is 0.315 e. The van der Waals surface area contributed by atoms with Crippen LogP contribution in [0.2, 0.25) is 0 Å². The maximum Gasteiger partial charge on any atom is 0.315 e. The van der Waals surface area contributed by atoms with Gasteiger partial charge in [-0.3, -0.25) is 4.90 Å². The number of nitrogens with one attached hydrogen (secondary N) is 2. The van der Waals surface area contributed by atoms with Gasteiger partial charge in [0.1, 0.15) is 0 Å². The van der Waals surface area contributed by atoms with Gasteiger partial charge < -0.3 is 15.4 Å². The summed E-state index contributed by atoms with van der Waals surface area (Å²) in [6.45, 7) is 8.09. The van der Waals surface area contributed by atoms with Crippen LogP contribution in [-0.4, -0.2) is 55.4 Å². The number of rotatable bonds is 5. The lowest BCUT2D eigenvalue weighted by atomic mass is 9.57. The molecule has 2 aliphatic carbocycles. The SMILES string of the molecule is C[C@H](CNC(=O)N[C@@H]1[C@H]2CCO[C@@H]2C1(C)C)N(C)C1CC1. The Morgan fingerprint density at radius 3 is 2.76 bits per heavy atom. The summed E-state index contributed by atoms with van der Waals surface area (Å²) < 4.78 is 5.76. The first-order valence-electron chi connectivity index (χ1n) is 8.29. The second-order valence-corrected chi connectivity index (χ2v) is 7.64. The predicted octanol–water partition coefficient (Wildman–Crippen LogP) is 1.58. The van der Waals surface area contributed by atoms with E-state index < -0.39 is 0 Å². The van der Waals surface area contributed by atoms with Gasteiger partial charge in [0, 0.05) is 42.6 Å². The van der Waals surface area contributed by atoms with Crippen molar-refractivity contribution < 1.29 is 9.53 Å². The molecule has 5 nitrogen and oxygen atoms in total. The number of urea groups is 1. The fourth-order valence-electron chi connectivity index (χ4n) is 4.04. The Bertz CT molecular complexity index is 408. The van der Waals surface area contributed by atoms with Crippen LogP contribution in [0.4, 0.5) is 4.79 Å². The van der Waals surface area contributed by atoms with Crippen molar-refractivity contribution in [3.8, 4) is 0 Å². The first-order valence-corrected chi connectivity index (χ1v) is 8.29. The van der Waals surface area contributed by atoms with Crippen LogP contribution in [0.5, 0.6) is 0 Å². The zero-order valence-electron chi connectivity index (χ0n) is 13.7. The van der Waals surface area contributed by atoms with Crippen molar-refractivity contribution in [2.45, 2.75) is 64.3 Å². The molecule has 0 aromatic carbocycles. The van der Waals surface area contributed by atoms with Gasteiger partial charge in [0.15, 0.2) is 0 Å². The molecule has 1 aliphatic heterocycles. The molecule has 1 heterocycles. The minimum absolute atomic E-state index is 0.0329. The molecule has 21 heavy (non-hydrogen) atoms. The van der Waals surface area contributed by atoms with Crippen LogP contribution in [-0.2, 0) is 4.74 Å². The fourth-order valence-corrected chi connectivity index (χ4v) is 4.04. The first-order chi connectivity index (χ1) is 9.91. The number of carbonyl (C=O) groups is 1. The summed E-state index contributed by atoms with van der Waals surface area (Å²) in [5, 5.41) is 6.20. The van der Waals surface area contributed by atoms with Gasteiger partial charge in [-0.15, -0.1) is 0 Å². The van der Waals surface area contributed by atoms with Crippen molar-refractivity contribution in [1.29, 1.82) is 0 Å². The van der Waals surface area contributed by atoms with E-state index in [2.05, 4.69) is 43.4 Å². The third-order valence-corrected chi connectivity index (χ3v) is 5.76. The molecule has 0 unspecified atom stereocenters. The van der Waals surface area contributed by atoms with Gasteiger partial charge in [-0.2, -0.15) is 0 Å². The Kier molecular flexibility index (Phi) is 3.91. The third kappa shape index (κ3) is 2.78. The van der Waals surface area contributed by atoms with Crippen LogP contribution in [0.25, 0.3) is 0 Å². The maximum atomic E-state index is 12.2. The molecule has 3 rings (SSSR count). The number of ether oxygens (including phenoxy) is 1. The molecule has 5 heteroatoms. The molecular weight excluding hydrogens is 266 g/mol. The number of nitrogens with zero attached hydrogens (tertiary/aromatic N) is 1. The largest absolute Gasteiger partial charge is 0.377 e. The number of carbonyl (C=O) groups excluding carboxylic acids is 1. The zero-order chi connectivity index (χ0) is 15.2. The summed E-state index contributed by atoms with van der Waals surface area (Å²) in [6.07, 6.45) is 3.99. The number of amides is 2. The van der Waals surface area contributed by atoms with Crippen LogP contribution in [0.1, 0.15) is 40.0 Å². The Morgan fingerprint density at radius 2 is 2.10 bits per heavy atom. The van der Waals surface area contributed by atoms with E-state index >= 15 is 0 Å². The number of fused-ring (bicyclic) bond motifs is 1. The summed E-state index contributed by atoms with van der Waals surface area (Å²) in [4.78, 5) is 14.5. The summed E-state index contributed by atoms with van der Waals surface area (Å²) >= 11 is 0. The summed E-state index contributed by atoms with van der Waals surface area (Å²) in [6, 6.07) is 1.32. The van der Waals surface area contributed by atoms with Gasteiger partial charge in [-0.25, -0.2) is 4.79 Å². The van der Waals surface area contributed by atoms with Crippen molar-refractivity contribution >= 4 is 6.03 Å². The summed E-state index contributed by atoms with van der Waals surface area (Å²) in [5.41, 5.74) is 0.0505. The molecule has 0 spiro atoms. The third-order valence-electron chi connectivity index (χ3n) is 5.76. The maximum absolute atomic E-state index is 12.2. The van der Waals surface area contributed by atoms with E-state index in [0.29, 0.717) is 24.6 Å². The van der Waals surface area contributed by atoms with E-state index in [4.69, 9.17) is 4.74 Å². The molecule has 0 radical (unpaired) electrons. The van der Waals surface area contributed by atoms with Crippen LogP contribution in [0.15, 0.2) is 0 Å². The highest BCUT2D eigenvalue weighted by Crippen LogP contribution is 2.52. The van der Waals surface area contributed by atoms with Crippen molar-refractivity contribution in [2.24, 2.45) is 11.3 Å². The monoisotopic (exact) mass is 295 g/mol. The van der Waals surface area contributed by atoms with E-state index in [0.717, 1.165) is 19.1 Å². The van der Waals surface area contributed by atoms with Gasteiger partial charge in [0.05, 0.1) is 6.10 Å². The van der Waals surface area contributed by atoms with Crippen molar-refractivity contribution in [3.63, 3.8) is 0 Å². The van der Waals surface area contributed by atoms with Gasteiger partial charge in [-0.05, 0) is 33.2 Å². The van der Waals surface area contributed by atoms with E-state index in [9.17, 15) is 4.79 Å². The molecule has 2 N–H and O–H groups in total. The van der Waals surface area contributed by atoms with Crippen molar-refractivity contribution in [1.82, 2.24) is 15.5 Å². The lowest BCUT2D eigenvalue weighted by Gasteiger charge is -2.54. The minimum Gasteiger partial charge on any atom is -0.377 e. The molecule has 2 saturated carbocycles. The molecule has 0 aromatic rings. The molecule has 3 fully saturated rings. The molecule has 120 valence electrons. The second kappa shape index (κ2) is 5.43.